The van der Waals surface area contributed by atoms with Crippen molar-refractivity contribution in [3.05, 3.63) is 0 Å². The molecule has 1 amide bonds. The van der Waals surface area contributed by atoms with Crippen LogP contribution in [0.2, 0.25) is 0 Å². The van der Waals surface area contributed by atoms with Crippen molar-refractivity contribution in [2.45, 2.75) is 19.3 Å². The summed E-state index contributed by atoms with van der Waals surface area (Å²) in [5, 5.41) is 0. The minimum absolute atomic E-state index is 0.203. The number of nitrogens with two attached hydrogens (primary N) is 1. The molecule has 0 aromatic heterocycles. The van der Waals surface area contributed by atoms with Crippen LogP contribution in [0.15, 0.2) is 0 Å². The van der Waals surface area contributed by atoms with Crippen molar-refractivity contribution >= 4 is 24.7 Å². The van der Waals surface area contributed by atoms with Crippen LogP contribution in [-0.4, -0.2) is 38.2 Å². The van der Waals surface area contributed by atoms with Gasteiger partial charge in [0.25, 0.3) is 5.91 Å². The van der Waals surface area contributed by atoms with Crippen molar-refractivity contribution in [2.75, 3.05) is 26.4 Å². The van der Waals surface area contributed by atoms with E-state index in [1.807, 2.05) is 0 Å². The van der Waals surface area contributed by atoms with Gasteiger partial charge in [0.1, 0.15) is 13.2 Å². The van der Waals surface area contributed by atoms with Gasteiger partial charge in [-0.2, -0.15) is 0 Å². The van der Waals surface area contributed by atoms with E-state index in [9.17, 15) is 9.59 Å². The van der Waals surface area contributed by atoms with Crippen molar-refractivity contribution in [2.24, 2.45) is 5.73 Å². The van der Waals surface area contributed by atoms with Crippen molar-refractivity contribution in [3.63, 3.8) is 0 Å². The van der Waals surface area contributed by atoms with Gasteiger partial charge in [0.05, 0.1) is 6.61 Å². The number of esters is 1. The smallest absolute Gasteiger partial charge is 0.332 e. The second kappa shape index (κ2) is 10.7. The number of nitrogens with one attached hydrogen (secondary N) is 1. The van der Waals surface area contributed by atoms with Gasteiger partial charge in [0.2, 0.25) is 0 Å². The first-order valence-corrected chi connectivity index (χ1v) is 5.51. The van der Waals surface area contributed by atoms with Gasteiger partial charge >= 0.3 is 5.97 Å². The summed E-state index contributed by atoms with van der Waals surface area (Å²) in [6, 6.07) is 0. The molecule has 0 aromatic carbocycles. The van der Waals surface area contributed by atoms with Crippen LogP contribution in [0.5, 0.6) is 0 Å². The van der Waals surface area contributed by atoms with Crippen molar-refractivity contribution in [3.8, 4) is 0 Å². The fourth-order valence-corrected chi connectivity index (χ4v) is 0.975. The Hall–Kier alpha value is -0.790. The predicted octanol–water partition coefficient (Wildman–Crippen LogP) is -0.364. The Morgan fingerprint density at radius 1 is 1.19 bits per heavy atom. The Labute approximate surface area is 100 Å². The van der Waals surface area contributed by atoms with Crippen molar-refractivity contribution in [1.82, 2.24) is 4.72 Å². The molecule has 3 N–H and O–H groups in total. The second-order valence-corrected chi connectivity index (χ2v) is 3.32. The number of hydrogen-bond donors (Lipinski definition) is 3. The molecular weight excluding hydrogens is 232 g/mol. The van der Waals surface area contributed by atoms with Gasteiger partial charge < -0.3 is 19.9 Å². The summed E-state index contributed by atoms with van der Waals surface area (Å²) in [5.41, 5.74) is 5.31. The van der Waals surface area contributed by atoms with E-state index in [-0.39, 0.29) is 13.2 Å². The summed E-state index contributed by atoms with van der Waals surface area (Å²) in [7, 11) is 0. The lowest BCUT2D eigenvalue weighted by atomic mass is 10.2. The number of unbranched alkanes of at least 4 members (excludes halogenated alkanes) is 2. The standard InChI is InChI=1S/C9H18N2O4S/c10-4-2-1-3-5-15-9(13)7-14-6-8(12)11-16/h16H,1-7,10H2,(H,11,12). The van der Waals surface area contributed by atoms with E-state index in [4.69, 9.17) is 15.2 Å². The van der Waals surface area contributed by atoms with E-state index in [0.29, 0.717) is 13.2 Å². The highest BCUT2D eigenvalue weighted by Crippen LogP contribution is 1.94. The summed E-state index contributed by atoms with van der Waals surface area (Å²) < 4.78 is 11.7. The normalized spacial score (nSPS) is 9.88. The summed E-state index contributed by atoms with van der Waals surface area (Å²) in [6.07, 6.45) is 2.66. The van der Waals surface area contributed by atoms with Crippen LogP contribution in [0.1, 0.15) is 19.3 Å². The molecule has 0 atom stereocenters. The van der Waals surface area contributed by atoms with E-state index in [1.54, 1.807) is 0 Å². The molecule has 16 heavy (non-hydrogen) atoms. The lowest BCUT2D eigenvalue weighted by Gasteiger charge is -2.04. The van der Waals surface area contributed by atoms with Crippen LogP contribution < -0.4 is 10.5 Å². The maximum atomic E-state index is 11.0. The minimum atomic E-state index is -0.472. The number of rotatable bonds is 9. The molecule has 0 aromatic rings. The highest BCUT2D eigenvalue weighted by molar-refractivity contribution is 7.78. The van der Waals surface area contributed by atoms with Gasteiger partial charge in [0, 0.05) is 0 Å². The number of ether oxygens (including phenoxy) is 2. The lowest BCUT2D eigenvalue weighted by molar-refractivity contribution is -0.149. The third-order valence-electron chi connectivity index (χ3n) is 1.69. The zero-order valence-corrected chi connectivity index (χ0v) is 10.0. The Morgan fingerprint density at radius 3 is 2.56 bits per heavy atom. The fraction of sp³-hybridized carbons (Fsp3) is 0.778. The molecule has 7 heteroatoms. The quantitative estimate of drug-likeness (QED) is 0.295. The van der Waals surface area contributed by atoms with Gasteiger partial charge in [-0.15, -0.1) is 0 Å². The first-order chi connectivity index (χ1) is 7.70. The van der Waals surface area contributed by atoms with Gasteiger partial charge in [-0.1, -0.05) is 12.8 Å². The molecule has 0 radical (unpaired) electrons. The molecule has 0 aliphatic carbocycles. The van der Waals surface area contributed by atoms with Gasteiger partial charge in [-0.05, 0) is 25.8 Å². The SMILES string of the molecule is NCCCCCOC(=O)COCC(=O)NS. The largest absolute Gasteiger partial charge is 0.464 e. The van der Waals surface area contributed by atoms with E-state index in [2.05, 4.69) is 17.5 Å². The van der Waals surface area contributed by atoms with Gasteiger partial charge in [-0.3, -0.25) is 4.79 Å². The summed E-state index contributed by atoms with van der Waals surface area (Å²) >= 11 is 3.52. The van der Waals surface area contributed by atoms with E-state index in [0.717, 1.165) is 19.3 Å². The first-order valence-electron chi connectivity index (χ1n) is 5.07. The van der Waals surface area contributed by atoms with Crippen LogP contribution in [0.4, 0.5) is 0 Å². The Kier molecular flexibility index (Phi) is 10.2. The molecule has 0 rings (SSSR count). The van der Waals surface area contributed by atoms with Crippen molar-refractivity contribution < 1.29 is 19.1 Å². The molecule has 0 spiro atoms. The molecule has 0 unspecified atom stereocenters. The molecule has 0 heterocycles. The Balaban J connectivity index is 3.28. The molecule has 0 aliphatic heterocycles. The number of carbonyl (C=O) groups excluding carboxylic acids is 2. The highest BCUT2D eigenvalue weighted by Gasteiger charge is 2.04. The summed E-state index contributed by atoms with van der Waals surface area (Å²) in [4.78, 5) is 21.7. The minimum Gasteiger partial charge on any atom is -0.464 e. The van der Waals surface area contributed by atoms with E-state index < -0.39 is 11.9 Å². The number of hydrogen-bond acceptors (Lipinski definition) is 6. The number of carbonyl (C=O) groups is 2. The first kappa shape index (κ1) is 15.2. The Morgan fingerprint density at radius 2 is 1.94 bits per heavy atom. The molecule has 0 saturated carbocycles. The van der Waals surface area contributed by atoms with E-state index in [1.165, 1.54) is 0 Å². The van der Waals surface area contributed by atoms with Gasteiger partial charge in [0.15, 0.2) is 0 Å². The Bertz CT molecular complexity index is 214. The maximum absolute atomic E-state index is 11.0. The third kappa shape index (κ3) is 9.75. The second-order valence-electron chi connectivity index (χ2n) is 3.10. The molecule has 0 fully saturated rings. The van der Waals surface area contributed by atoms with Crippen molar-refractivity contribution in [1.29, 1.82) is 0 Å². The monoisotopic (exact) mass is 250 g/mol. The predicted molar refractivity (Wildman–Crippen MR) is 61.8 cm³/mol. The number of amides is 1. The molecule has 0 bridgehead atoms. The molecule has 6 nitrogen and oxygen atoms in total. The zero-order chi connectivity index (χ0) is 12.2. The van der Waals surface area contributed by atoms with Crippen LogP contribution in [0.3, 0.4) is 0 Å². The zero-order valence-electron chi connectivity index (χ0n) is 9.11. The van der Waals surface area contributed by atoms with Crippen LogP contribution in [0.25, 0.3) is 0 Å². The van der Waals surface area contributed by atoms with Crippen LogP contribution in [0, 0.1) is 0 Å². The molecule has 94 valence electrons. The molecular formula is C9H18N2O4S. The van der Waals surface area contributed by atoms with Gasteiger partial charge in [-0.25, -0.2) is 4.79 Å². The maximum Gasteiger partial charge on any atom is 0.332 e. The third-order valence-corrected chi connectivity index (χ3v) is 1.94. The fourth-order valence-electron chi connectivity index (χ4n) is 0.910. The number of thiol groups is 1. The van der Waals surface area contributed by atoms with Crippen LogP contribution in [-0.2, 0) is 19.1 Å². The average molecular weight is 250 g/mol. The molecule has 0 aliphatic rings. The highest BCUT2D eigenvalue weighted by atomic mass is 32.1. The van der Waals surface area contributed by atoms with E-state index >= 15 is 0 Å². The average Bonchev–Trinajstić information content (AvgIpc) is 2.28. The van der Waals surface area contributed by atoms with Crippen LogP contribution >= 0.6 is 12.8 Å². The topological polar surface area (TPSA) is 90.7 Å². The summed E-state index contributed by atoms with van der Waals surface area (Å²) in [5.74, 6) is -0.876. The lowest BCUT2D eigenvalue weighted by Crippen LogP contribution is -2.22. The molecule has 0 saturated heterocycles. The summed E-state index contributed by atoms with van der Waals surface area (Å²) in [6.45, 7) is 0.584.